The zero-order chi connectivity index (χ0) is 19.4. The number of aromatic nitrogens is 1. The number of para-hydroxylation sites is 1. The number of thioether (sulfide) groups is 1. The Bertz CT molecular complexity index is 881. The number of rotatable bonds is 5. The summed E-state index contributed by atoms with van der Waals surface area (Å²) < 4.78 is 0. The highest BCUT2D eigenvalue weighted by molar-refractivity contribution is 7.99. The number of hydrogen-bond acceptors (Lipinski definition) is 4. The zero-order valence-corrected chi connectivity index (χ0v) is 16.9. The molecule has 0 bridgehead atoms. The molecule has 140 valence electrons. The van der Waals surface area contributed by atoms with Crippen molar-refractivity contribution in [2.75, 3.05) is 11.1 Å². The molecule has 1 heterocycles. The molecule has 3 rings (SSSR count). The molecule has 0 aliphatic heterocycles. The van der Waals surface area contributed by atoms with Crippen molar-refractivity contribution in [3.63, 3.8) is 0 Å². The first kappa shape index (κ1) is 19.4. The van der Waals surface area contributed by atoms with Gasteiger partial charge in [-0.3, -0.25) is 4.79 Å². The maximum absolute atomic E-state index is 12.3. The fourth-order valence-electron chi connectivity index (χ4n) is 3.47. The quantitative estimate of drug-likeness (QED) is 0.757. The van der Waals surface area contributed by atoms with Crippen LogP contribution in [0.2, 0.25) is 0 Å². The van der Waals surface area contributed by atoms with Gasteiger partial charge in [-0.1, -0.05) is 25.1 Å². The molecule has 1 aliphatic rings. The fourth-order valence-corrected chi connectivity index (χ4v) is 4.39. The van der Waals surface area contributed by atoms with Crippen molar-refractivity contribution in [3.8, 4) is 6.07 Å². The van der Waals surface area contributed by atoms with Gasteiger partial charge in [0.25, 0.3) is 0 Å². The first-order chi connectivity index (χ1) is 13.0. The average molecular weight is 380 g/mol. The molecule has 0 radical (unpaired) electrons. The Balaban J connectivity index is 1.62. The molecule has 0 saturated heterocycles. The van der Waals surface area contributed by atoms with Crippen LogP contribution in [0.4, 0.5) is 5.69 Å². The van der Waals surface area contributed by atoms with E-state index in [1.807, 2.05) is 38.1 Å². The summed E-state index contributed by atoms with van der Waals surface area (Å²) in [5.74, 6) is 1.25. The number of anilines is 1. The van der Waals surface area contributed by atoms with Crippen molar-refractivity contribution < 1.29 is 4.79 Å². The SMILES string of the molecule is Cc1cccc(C)c1NC(=O)CCSc1nc2c(cc1C#N)CC(C)CC2. The molecule has 1 amide bonds. The second-order valence-electron chi connectivity index (χ2n) is 7.32. The van der Waals surface area contributed by atoms with E-state index in [0.29, 0.717) is 23.7 Å². The number of nitriles is 1. The molecular formula is C22H25N3OS. The number of amides is 1. The summed E-state index contributed by atoms with van der Waals surface area (Å²) >= 11 is 1.50. The Hall–Kier alpha value is -2.32. The summed E-state index contributed by atoms with van der Waals surface area (Å²) in [6, 6.07) is 10.2. The van der Waals surface area contributed by atoms with Crippen LogP contribution in [-0.2, 0) is 17.6 Å². The summed E-state index contributed by atoms with van der Waals surface area (Å²) in [5, 5.41) is 13.2. The van der Waals surface area contributed by atoms with Crippen molar-refractivity contribution in [1.29, 1.82) is 5.26 Å². The van der Waals surface area contributed by atoms with Crippen LogP contribution >= 0.6 is 11.8 Å². The van der Waals surface area contributed by atoms with E-state index in [4.69, 9.17) is 4.98 Å². The lowest BCUT2D eigenvalue weighted by Crippen LogP contribution is -2.15. The lowest BCUT2D eigenvalue weighted by molar-refractivity contribution is -0.115. The number of nitrogens with zero attached hydrogens (tertiary/aromatic N) is 2. The summed E-state index contributed by atoms with van der Waals surface area (Å²) in [5.41, 5.74) is 5.98. The van der Waals surface area contributed by atoms with Gasteiger partial charge in [0.05, 0.1) is 5.56 Å². The molecule has 1 unspecified atom stereocenters. The highest BCUT2D eigenvalue weighted by atomic mass is 32.2. The Kier molecular flexibility index (Phi) is 6.18. The number of benzene rings is 1. The van der Waals surface area contributed by atoms with Crippen LogP contribution in [0.15, 0.2) is 29.3 Å². The van der Waals surface area contributed by atoms with E-state index >= 15 is 0 Å². The van der Waals surface area contributed by atoms with Gasteiger partial charge in [0.15, 0.2) is 0 Å². The number of pyridine rings is 1. The fraction of sp³-hybridized carbons (Fsp3) is 0.409. The van der Waals surface area contributed by atoms with Gasteiger partial charge in [0.2, 0.25) is 5.91 Å². The summed E-state index contributed by atoms with van der Waals surface area (Å²) in [7, 11) is 0. The van der Waals surface area contributed by atoms with Gasteiger partial charge in [-0.25, -0.2) is 4.98 Å². The van der Waals surface area contributed by atoms with Gasteiger partial charge in [-0.2, -0.15) is 5.26 Å². The third-order valence-corrected chi connectivity index (χ3v) is 6.03. The van der Waals surface area contributed by atoms with Gasteiger partial charge in [-0.15, -0.1) is 11.8 Å². The molecule has 1 aromatic carbocycles. The van der Waals surface area contributed by atoms with Crippen LogP contribution in [0.3, 0.4) is 0 Å². The van der Waals surface area contributed by atoms with Crippen molar-refractivity contribution in [2.24, 2.45) is 5.92 Å². The second-order valence-corrected chi connectivity index (χ2v) is 8.40. The monoisotopic (exact) mass is 379 g/mol. The average Bonchev–Trinajstić information content (AvgIpc) is 2.64. The Morgan fingerprint density at radius 1 is 1.37 bits per heavy atom. The normalized spacial score (nSPS) is 15.7. The van der Waals surface area contributed by atoms with Crippen LogP contribution < -0.4 is 5.32 Å². The Morgan fingerprint density at radius 3 is 2.81 bits per heavy atom. The van der Waals surface area contributed by atoms with Crippen molar-refractivity contribution in [1.82, 2.24) is 4.98 Å². The lowest BCUT2D eigenvalue weighted by atomic mass is 9.87. The number of hydrogen-bond donors (Lipinski definition) is 1. The number of carbonyl (C=O) groups excluding carboxylic acids is 1. The van der Waals surface area contributed by atoms with Gasteiger partial charge >= 0.3 is 0 Å². The molecule has 1 aromatic heterocycles. The Morgan fingerprint density at radius 2 is 2.11 bits per heavy atom. The molecule has 5 heteroatoms. The van der Waals surface area contributed by atoms with E-state index < -0.39 is 0 Å². The summed E-state index contributed by atoms with van der Waals surface area (Å²) in [6.07, 6.45) is 3.51. The lowest BCUT2D eigenvalue weighted by Gasteiger charge is -2.21. The summed E-state index contributed by atoms with van der Waals surface area (Å²) in [4.78, 5) is 17.1. The van der Waals surface area contributed by atoms with E-state index in [1.165, 1.54) is 17.3 Å². The molecule has 1 atom stereocenters. The third kappa shape index (κ3) is 4.70. The van der Waals surface area contributed by atoms with Crippen molar-refractivity contribution in [3.05, 3.63) is 52.2 Å². The molecule has 0 fully saturated rings. The predicted molar refractivity (Wildman–Crippen MR) is 110 cm³/mol. The van der Waals surface area contributed by atoms with Crippen LogP contribution in [-0.4, -0.2) is 16.6 Å². The first-order valence-electron chi connectivity index (χ1n) is 9.39. The van der Waals surface area contributed by atoms with Crippen LogP contribution in [0, 0.1) is 31.1 Å². The second kappa shape index (κ2) is 8.58. The molecular weight excluding hydrogens is 354 g/mol. The van der Waals surface area contributed by atoms with E-state index in [9.17, 15) is 10.1 Å². The minimum Gasteiger partial charge on any atom is -0.326 e. The van der Waals surface area contributed by atoms with Crippen LogP contribution in [0.1, 0.15) is 47.7 Å². The molecule has 1 N–H and O–H groups in total. The molecule has 1 aliphatic carbocycles. The van der Waals surface area contributed by atoms with Crippen LogP contribution in [0.5, 0.6) is 0 Å². The maximum atomic E-state index is 12.3. The summed E-state index contributed by atoms with van der Waals surface area (Å²) in [6.45, 7) is 6.23. The number of nitrogens with one attached hydrogen (secondary N) is 1. The van der Waals surface area contributed by atoms with E-state index in [1.54, 1.807) is 0 Å². The predicted octanol–water partition coefficient (Wildman–Crippen LogP) is 4.82. The standard InChI is InChI=1S/C22H25N3OS/c1-14-7-8-19-17(11-14)12-18(13-23)22(24-19)27-10-9-20(26)25-21-15(2)5-4-6-16(21)3/h4-6,12,14H,7-11H2,1-3H3,(H,25,26). The topological polar surface area (TPSA) is 65.8 Å². The highest BCUT2D eigenvalue weighted by Gasteiger charge is 2.19. The number of carbonyl (C=O) groups is 1. The molecule has 27 heavy (non-hydrogen) atoms. The van der Waals surface area contributed by atoms with E-state index in [2.05, 4.69) is 18.3 Å². The van der Waals surface area contributed by atoms with Crippen LogP contribution in [0.25, 0.3) is 0 Å². The zero-order valence-electron chi connectivity index (χ0n) is 16.1. The largest absolute Gasteiger partial charge is 0.326 e. The molecule has 0 spiro atoms. The third-order valence-electron chi connectivity index (χ3n) is 5.03. The molecule has 0 saturated carbocycles. The van der Waals surface area contributed by atoms with E-state index in [-0.39, 0.29) is 5.91 Å². The minimum atomic E-state index is -0.00908. The van der Waals surface area contributed by atoms with Gasteiger partial charge in [0, 0.05) is 23.6 Å². The van der Waals surface area contributed by atoms with Gasteiger partial charge in [0.1, 0.15) is 11.1 Å². The smallest absolute Gasteiger partial charge is 0.225 e. The minimum absolute atomic E-state index is 0.00908. The number of fused-ring (bicyclic) bond motifs is 1. The Labute approximate surface area is 165 Å². The highest BCUT2D eigenvalue weighted by Crippen LogP contribution is 2.29. The van der Waals surface area contributed by atoms with Crippen molar-refractivity contribution >= 4 is 23.4 Å². The first-order valence-corrected chi connectivity index (χ1v) is 10.4. The van der Waals surface area contributed by atoms with Gasteiger partial charge in [-0.05, 0) is 61.8 Å². The van der Waals surface area contributed by atoms with Crippen molar-refractivity contribution in [2.45, 2.75) is 51.5 Å². The molecule has 2 aromatic rings. The van der Waals surface area contributed by atoms with Gasteiger partial charge < -0.3 is 5.32 Å². The maximum Gasteiger partial charge on any atom is 0.225 e. The number of aryl methyl sites for hydroxylation is 3. The molecule has 4 nitrogen and oxygen atoms in total. The van der Waals surface area contributed by atoms with E-state index in [0.717, 1.165) is 46.8 Å².